The summed E-state index contributed by atoms with van der Waals surface area (Å²) >= 11 is 3.29. The Bertz CT molecular complexity index is 796. The van der Waals surface area contributed by atoms with Crippen molar-refractivity contribution >= 4 is 39.8 Å². The Labute approximate surface area is 172 Å². The Hall–Kier alpha value is -2.49. The van der Waals surface area contributed by atoms with Gasteiger partial charge >= 0.3 is 5.97 Å². The predicted octanol–water partition coefficient (Wildman–Crippen LogP) is 2.84. The molecule has 0 fully saturated rings. The summed E-state index contributed by atoms with van der Waals surface area (Å²) in [6, 6.07) is 11.1. The van der Waals surface area contributed by atoms with Crippen LogP contribution in [0.3, 0.4) is 0 Å². The number of nitrogens with zero attached hydrogens (tertiary/aromatic N) is 4. The molecule has 146 valence electrons. The molecule has 0 atom stereocenters. The molecule has 0 N–H and O–H groups in total. The van der Waals surface area contributed by atoms with E-state index in [4.69, 9.17) is 15.3 Å². The molecule has 9 heteroatoms. The lowest BCUT2D eigenvalue weighted by molar-refractivity contribution is -0.134. The number of nitriles is 2. The Kier molecular flexibility index (Phi) is 9.40. The zero-order valence-electron chi connectivity index (χ0n) is 15.3. The number of rotatable bonds is 9. The van der Waals surface area contributed by atoms with Gasteiger partial charge in [0.15, 0.2) is 6.61 Å². The molecule has 1 aromatic carbocycles. The van der Waals surface area contributed by atoms with Gasteiger partial charge in [-0.05, 0) is 11.6 Å². The monoisotopic (exact) mass is 416 g/mol. The number of hydrogen-bond acceptors (Lipinski definition) is 8. The van der Waals surface area contributed by atoms with Crippen LogP contribution in [0, 0.1) is 22.7 Å². The molecule has 1 aliphatic heterocycles. The minimum Gasteiger partial charge on any atom is -0.452 e. The van der Waals surface area contributed by atoms with Crippen LogP contribution in [0.2, 0.25) is 0 Å². The molecule has 0 saturated carbocycles. The van der Waals surface area contributed by atoms with Crippen LogP contribution in [-0.2, 0) is 15.3 Å². The first-order chi connectivity index (χ1) is 13.7. The van der Waals surface area contributed by atoms with E-state index in [0.717, 1.165) is 22.2 Å². The van der Waals surface area contributed by atoms with E-state index in [0.29, 0.717) is 11.3 Å². The van der Waals surface area contributed by atoms with Crippen LogP contribution in [0.4, 0.5) is 0 Å². The molecule has 1 amide bonds. The van der Waals surface area contributed by atoms with Gasteiger partial charge in [-0.15, -0.1) is 0 Å². The number of carbonyl (C=O) groups excluding carboxylic acids is 2. The second-order valence-corrected chi connectivity index (χ2v) is 8.02. The SMILES string of the molecule is N#CCCN(CCC#N)C(=O)COC(=O)c1ccccc1CSC1=NCCS1. The van der Waals surface area contributed by atoms with Gasteiger partial charge in [-0.3, -0.25) is 9.79 Å². The second-order valence-electron chi connectivity index (χ2n) is 5.72. The second kappa shape index (κ2) is 12.1. The first kappa shape index (κ1) is 21.8. The van der Waals surface area contributed by atoms with Crippen molar-refractivity contribution in [1.29, 1.82) is 10.5 Å². The molecule has 1 aromatic rings. The van der Waals surface area contributed by atoms with Crippen molar-refractivity contribution in [3.8, 4) is 12.1 Å². The summed E-state index contributed by atoms with van der Waals surface area (Å²) in [5.74, 6) is 0.609. The van der Waals surface area contributed by atoms with Crippen molar-refractivity contribution in [3.63, 3.8) is 0 Å². The zero-order chi connectivity index (χ0) is 20.2. The minimum absolute atomic E-state index is 0.160. The Morgan fingerprint density at radius 2 is 1.93 bits per heavy atom. The van der Waals surface area contributed by atoms with Crippen molar-refractivity contribution in [2.75, 3.05) is 32.0 Å². The first-order valence-corrected chi connectivity index (χ1v) is 10.7. The van der Waals surface area contributed by atoms with Crippen LogP contribution in [-0.4, -0.2) is 53.1 Å². The van der Waals surface area contributed by atoms with E-state index in [1.807, 2.05) is 24.3 Å². The van der Waals surface area contributed by atoms with Gasteiger partial charge in [0.05, 0.1) is 37.1 Å². The Balaban J connectivity index is 1.93. The lowest BCUT2D eigenvalue weighted by Gasteiger charge is -2.20. The molecule has 28 heavy (non-hydrogen) atoms. The summed E-state index contributed by atoms with van der Waals surface area (Å²) in [5, 5.41) is 17.4. The smallest absolute Gasteiger partial charge is 0.338 e. The predicted molar refractivity (Wildman–Crippen MR) is 110 cm³/mol. The quantitative estimate of drug-likeness (QED) is 0.570. The maximum absolute atomic E-state index is 12.5. The average molecular weight is 417 g/mol. The van der Waals surface area contributed by atoms with Gasteiger partial charge in [0.25, 0.3) is 5.91 Å². The summed E-state index contributed by atoms with van der Waals surface area (Å²) in [4.78, 5) is 30.5. The molecular formula is C19H20N4O3S2. The lowest BCUT2D eigenvalue weighted by atomic mass is 10.1. The van der Waals surface area contributed by atoms with Crippen molar-refractivity contribution in [3.05, 3.63) is 35.4 Å². The van der Waals surface area contributed by atoms with E-state index in [1.54, 1.807) is 35.7 Å². The summed E-state index contributed by atoms with van der Waals surface area (Å²) in [6.07, 6.45) is 0.320. The van der Waals surface area contributed by atoms with Crippen molar-refractivity contribution in [2.45, 2.75) is 18.6 Å². The lowest BCUT2D eigenvalue weighted by Crippen LogP contribution is -2.36. The first-order valence-electron chi connectivity index (χ1n) is 8.72. The molecule has 0 saturated heterocycles. The largest absolute Gasteiger partial charge is 0.452 e. The van der Waals surface area contributed by atoms with Gasteiger partial charge in [0.1, 0.15) is 4.38 Å². The van der Waals surface area contributed by atoms with E-state index in [-0.39, 0.29) is 25.9 Å². The highest BCUT2D eigenvalue weighted by Gasteiger charge is 2.18. The molecule has 1 aliphatic rings. The molecule has 0 unspecified atom stereocenters. The van der Waals surface area contributed by atoms with E-state index < -0.39 is 18.5 Å². The maximum Gasteiger partial charge on any atom is 0.338 e. The fourth-order valence-electron chi connectivity index (χ4n) is 2.42. The van der Waals surface area contributed by atoms with Crippen LogP contribution in [0.5, 0.6) is 0 Å². The third-order valence-corrected chi connectivity index (χ3v) is 6.11. The summed E-state index contributed by atoms with van der Waals surface area (Å²) < 4.78 is 6.22. The maximum atomic E-state index is 12.5. The van der Waals surface area contributed by atoms with E-state index in [9.17, 15) is 9.59 Å². The summed E-state index contributed by atoms with van der Waals surface area (Å²) in [6.45, 7) is 0.829. The van der Waals surface area contributed by atoms with Gasteiger partial charge < -0.3 is 9.64 Å². The topological polar surface area (TPSA) is 107 Å². The van der Waals surface area contributed by atoms with Gasteiger partial charge in [-0.1, -0.05) is 41.7 Å². The molecule has 1 heterocycles. The zero-order valence-corrected chi connectivity index (χ0v) is 16.9. The summed E-state index contributed by atoms with van der Waals surface area (Å²) in [7, 11) is 0. The van der Waals surface area contributed by atoms with Gasteiger partial charge in [-0.2, -0.15) is 10.5 Å². The third-order valence-electron chi connectivity index (χ3n) is 3.81. The van der Waals surface area contributed by atoms with Crippen molar-refractivity contribution in [2.24, 2.45) is 4.99 Å². The highest BCUT2D eigenvalue weighted by atomic mass is 32.2. The molecule has 0 spiro atoms. The molecule has 0 radical (unpaired) electrons. The minimum atomic E-state index is -0.564. The molecule has 0 aromatic heterocycles. The van der Waals surface area contributed by atoms with Crippen LogP contribution in [0.1, 0.15) is 28.8 Å². The number of hydrogen-bond donors (Lipinski definition) is 0. The highest BCUT2D eigenvalue weighted by Crippen LogP contribution is 2.26. The Morgan fingerprint density at radius 1 is 1.21 bits per heavy atom. The van der Waals surface area contributed by atoms with Crippen molar-refractivity contribution in [1.82, 2.24) is 4.90 Å². The van der Waals surface area contributed by atoms with E-state index in [2.05, 4.69) is 4.99 Å². The van der Waals surface area contributed by atoms with Gasteiger partial charge in [0.2, 0.25) is 0 Å². The normalized spacial score (nSPS) is 12.6. The number of thioether (sulfide) groups is 2. The van der Waals surface area contributed by atoms with Crippen LogP contribution >= 0.6 is 23.5 Å². The molecule has 7 nitrogen and oxygen atoms in total. The van der Waals surface area contributed by atoms with E-state index in [1.165, 1.54) is 4.90 Å². The fraction of sp³-hybridized carbons (Fsp3) is 0.421. The van der Waals surface area contributed by atoms with Crippen LogP contribution < -0.4 is 0 Å². The Morgan fingerprint density at radius 3 is 2.57 bits per heavy atom. The number of amides is 1. The number of carbonyl (C=O) groups is 2. The average Bonchev–Trinajstić information content (AvgIpc) is 3.24. The fourth-order valence-corrected chi connectivity index (χ4v) is 4.43. The highest BCUT2D eigenvalue weighted by molar-refractivity contribution is 8.38. The van der Waals surface area contributed by atoms with Crippen LogP contribution in [0.25, 0.3) is 0 Å². The van der Waals surface area contributed by atoms with Gasteiger partial charge in [0, 0.05) is 24.6 Å². The number of aliphatic imine (C=N–C) groups is 1. The van der Waals surface area contributed by atoms with Crippen LogP contribution in [0.15, 0.2) is 29.3 Å². The summed E-state index contributed by atoms with van der Waals surface area (Å²) in [5.41, 5.74) is 1.25. The van der Waals surface area contributed by atoms with Crippen molar-refractivity contribution < 1.29 is 14.3 Å². The third kappa shape index (κ3) is 6.91. The molecule has 0 aliphatic carbocycles. The van der Waals surface area contributed by atoms with E-state index >= 15 is 0 Å². The van der Waals surface area contributed by atoms with Gasteiger partial charge in [-0.25, -0.2) is 4.79 Å². The molecule has 0 bridgehead atoms. The number of ether oxygens (including phenoxy) is 1. The molecule has 2 rings (SSSR count). The number of esters is 1. The number of benzene rings is 1. The standard InChI is InChI=1S/C19H20N4O3S2/c20-7-3-10-23(11-4-8-21)17(24)13-26-18(25)16-6-2-1-5-15(16)14-28-19-22-9-12-27-19/h1-2,5-6H,3-4,9-14H2. The molecular weight excluding hydrogens is 396 g/mol.